The highest BCUT2D eigenvalue weighted by Crippen LogP contribution is 2.16. The van der Waals surface area contributed by atoms with Crippen LogP contribution in [0.4, 0.5) is 11.4 Å². The van der Waals surface area contributed by atoms with E-state index in [2.05, 4.69) is 16.0 Å². The van der Waals surface area contributed by atoms with Gasteiger partial charge in [0, 0.05) is 37.0 Å². The predicted molar refractivity (Wildman–Crippen MR) is 74.9 cm³/mol. The number of hydrogen-bond donors (Lipinski definition) is 3. The second-order valence-electron chi connectivity index (χ2n) is 4.54. The van der Waals surface area contributed by atoms with Gasteiger partial charge in [0.25, 0.3) is 5.91 Å². The summed E-state index contributed by atoms with van der Waals surface area (Å²) in [6, 6.07) is 7.04. The second kappa shape index (κ2) is 5.67. The Labute approximate surface area is 112 Å². The first-order valence-electron chi connectivity index (χ1n) is 6.14. The van der Waals surface area contributed by atoms with Crippen LogP contribution in [0.2, 0.25) is 0 Å². The Morgan fingerprint density at radius 2 is 1.53 bits per heavy atom. The monoisotopic (exact) mass is 259 g/mol. The van der Waals surface area contributed by atoms with Crippen molar-refractivity contribution in [3.63, 3.8) is 0 Å². The molecule has 1 aliphatic rings. The van der Waals surface area contributed by atoms with Crippen molar-refractivity contribution in [1.29, 1.82) is 0 Å². The zero-order chi connectivity index (χ0) is 13.8. The minimum Gasteiger partial charge on any atom is -0.326 e. The van der Waals surface area contributed by atoms with Crippen LogP contribution in [0.1, 0.15) is 13.8 Å². The fourth-order valence-electron chi connectivity index (χ4n) is 1.74. The molecular weight excluding hydrogens is 242 g/mol. The van der Waals surface area contributed by atoms with Crippen molar-refractivity contribution in [2.75, 3.05) is 23.7 Å². The highest BCUT2D eigenvalue weighted by Gasteiger charge is 2.15. The van der Waals surface area contributed by atoms with Gasteiger partial charge in [-0.1, -0.05) is 0 Å². The third kappa shape index (κ3) is 3.42. The minimum atomic E-state index is -0.116. The highest BCUT2D eigenvalue weighted by atomic mass is 16.2. The van der Waals surface area contributed by atoms with E-state index in [4.69, 9.17) is 0 Å². The molecule has 5 nitrogen and oxygen atoms in total. The van der Waals surface area contributed by atoms with Gasteiger partial charge in [-0.05, 0) is 36.8 Å². The second-order valence-corrected chi connectivity index (χ2v) is 4.54. The number of amides is 2. The topological polar surface area (TPSA) is 70.2 Å². The highest BCUT2D eigenvalue weighted by molar-refractivity contribution is 6.04. The van der Waals surface area contributed by atoms with E-state index in [1.54, 1.807) is 24.3 Å². The van der Waals surface area contributed by atoms with Gasteiger partial charge in [-0.25, -0.2) is 0 Å². The standard InChI is InChI=1S/C14H17N3O2/c1-9(11-7-15-8-11)14(19)17-13-5-3-12(4-6-13)16-10(2)18/h3-6,15H,7-8H2,1-2H3,(H,16,18)(H,17,19). The molecule has 100 valence electrons. The molecule has 1 fully saturated rings. The van der Waals surface area contributed by atoms with Crippen LogP contribution < -0.4 is 16.0 Å². The summed E-state index contributed by atoms with van der Waals surface area (Å²) in [5.74, 6) is -0.196. The summed E-state index contributed by atoms with van der Waals surface area (Å²) in [6.07, 6.45) is 0. The summed E-state index contributed by atoms with van der Waals surface area (Å²) in [6.45, 7) is 4.87. The maximum absolute atomic E-state index is 11.9. The average molecular weight is 259 g/mol. The third-order valence-electron chi connectivity index (χ3n) is 3.01. The molecule has 19 heavy (non-hydrogen) atoms. The maximum Gasteiger partial charge on any atom is 0.251 e. The molecule has 2 amide bonds. The molecule has 0 aromatic heterocycles. The zero-order valence-electron chi connectivity index (χ0n) is 11.0. The van der Waals surface area contributed by atoms with Crippen molar-refractivity contribution in [2.45, 2.75) is 13.8 Å². The van der Waals surface area contributed by atoms with Gasteiger partial charge in [0.15, 0.2) is 0 Å². The molecule has 0 unspecified atom stereocenters. The number of nitrogens with one attached hydrogen (secondary N) is 3. The van der Waals surface area contributed by atoms with Crippen LogP contribution in [-0.4, -0.2) is 24.9 Å². The quantitative estimate of drug-likeness (QED) is 0.720. The first kappa shape index (κ1) is 13.3. The Bertz CT molecular complexity index is 526. The van der Waals surface area contributed by atoms with Gasteiger partial charge >= 0.3 is 0 Å². The van der Waals surface area contributed by atoms with E-state index in [1.165, 1.54) is 6.92 Å². The van der Waals surface area contributed by atoms with E-state index in [0.717, 1.165) is 24.2 Å². The molecule has 1 aromatic rings. The van der Waals surface area contributed by atoms with E-state index in [1.807, 2.05) is 6.92 Å². The summed E-state index contributed by atoms with van der Waals surface area (Å²) in [4.78, 5) is 22.8. The van der Waals surface area contributed by atoms with E-state index < -0.39 is 0 Å². The fourth-order valence-corrected chi connectivity index (χ4v) is 1.74. The Hall–Kier alpha value is -2.14. The molecule has 1 heterocycles. The molecule has 0 bridgehead atoms. The first-order chi connectivity index (χ1) is 9.06. The van der Waals surface area contributed by atoms with Crippen molar-refractivity contribution in [3.05, 3.63) is 35.4 Å². The van der Waals surface area contributed by atoms with Gasteiger partial charge in [0.2, 0.25) is 5.91 Å². The van der Waals surface area contributed by atoms with Gasteiger partial charge in [0.1, 0.15) is 0 Å². The van der Waals surface area contributed by atoms with E-state index in [9.17, 15) is 9.59 Å². The molecule has 1 saturated heterocycles. The van der Waals surface area contributed by atoms with E-state index >= 15 is 0 Å². The Morgan fingerprint density at radius 3 is 1.95 bits per heavy atom. The normalized spacial score (nSPS) is 13.5. The molecule has 3 N–H and O–H groups in total. The van der Waals surface area contributed by atoms with Crippen molar-refractivity contribution in [3.8, 4) is 0 Å². The van der Waals surface area contributed by atoms with Crippen molar-refractivity contribution >= 4 is 23.2 Å². The van der Waals surface area contributed by atoms with E-state index in [-0.39, 0.29) is 11.8 Å². The zero-order valence-corrected chi connectivity index (χ0v) is 11.0. The molecule has 2 rings (SSSR count). The number of hydrogen-bond acceptors (Lipinski definition) is 3. The van der Waals surface area contributed by atoms with Crippen LogP contribution in [0.25, 0.3) is 0 Å². The third-order valence-corrected chi connectivity index (χ3v) is 3.01. The van der Waals surface area contributed by atoms with Crippen LogP contribution in [0.5, 0.6) is 0 Å². The van der Waals surface area contributed by atoms with Crippen LogP contribution in [0.3, 0.4) is 0 Å². The summed E-state index contributed by atoms with van der Waals surface area (Å²) in [5, 5.41) is 8.62. The predicted octanol–water partition coefficient (Wildman–Crippen LogP) is 1.50. The van der Waals surface area contributed by atoms with Crippen molar-refractivity contribution in [2.24, 2.45) is 0 Å². The lowest BCUT2D eigenvalue weighted by molar-refractivity contribution is -0.114. The Morgan fingerprint density at radius 1 is 1.00 bits per heavy atom. The molecule has 1 aliphatic heterocycles. The van der Waals surface area contributed by atoms with Crippen molar-refractivity contribution < 1.29 is 9.59 Å². The molecule has 0 saturated carbocycles. The largest absolute Gasteiger partial charge is 0.326 e. The van der Waals surface area contributed by atoms with Gasteiger partial charge in [-0.2, -0.15) is 0 Å². The molecule has 0 aliphatic carbocycles. The summed E-state index contributed by atoms with van der Waals surface area (Å²) >= 11 is 0. The summed E-state index contributed by atoms with van der Waals surface area (Å²) in [7, 11) is 0. The number of carbonyl (C=O) groups excluding carboxylic acids is 2. The minimum absolute atomic E-state index is 0.0798. The number of rotatable bonds is 3. The first-order valence-corrected chi connectivity index (χ1v) is 6.14. The van der Waals surface area contributed by atoms with Gasteiger partial charge in [0.05, 0.1) is 0 Å². The Kier molecular flexibility index (Phi) is 3.97. The summed E-state index contributed by atoms with van der Waals surface area (Å²) < 4.78 is 0. The lowest BCUT2D eigenvalue weighted by Gasteiger charge is -2.21. The van der Waals surface area contributed by atoms with E-state index in [0.29, 0.717) is 11.4 Å². The molecule has 0 atom stereocenters. The van der Waals surface area contributed by atoms with Crippen molar-refractivity contribution in [1.82, 2.24) is 5.32 Å². The lowest BCUT2D eigenvalue weighted by atomic mass is 10.0. The number of benzene rings is 1. The van der Waals surface area contributed by atoms with Gasteiger partial charge in [-0.3, -0.25) is 9.59 Å². The smallest absolute Gasteiger partial charge is 0.251 e. The van der Waals surface area contributed by atoms with Gasteiger partial charge in [-0.15, -0.1) is 0 Å². The molecule has 1 aromatic carbocycles. The number of anilines is 2. The van der Waals surface area contributed by atoms with Crippen LogP contribution in [-0.2, 0) is 9.59 Å². The average Bonchev–Trinajstić information content (AvgIpc) is 2.28. The maximum atomic E-state index is 11.9. The number of carbonyl (C=O) groups is 2. The Balaban J connectivity index is 1.99. The van der Waals surface area contributed by atoms with Crippen LogP contribution in [0.15, 0.2) is 35.4 Å². The molecule has 0 radical (unpaired) electrons. The van der Waals surface area contributed by atoms with Crippen LogP contribution >= 0.6 is 0 Å². The van der Waals surface area contributed by atoms with Gasteiger partial charge < -0.3 is 16.0 Å². The molecular formula is C14H17N3O2. The fraction of sp³-hybridized carbons (Fsp3) is 0.286. The van der Waals surface area contributed by atoms with Crippen LogP contribution in [0, 0.1) is 0 Å². The summed E-state index contributed by atoms with van der Waals surface area (Å²) in [5.41, 5.74) is 3.34. The molecule has 5 heteroatoms. The molecule has 0 spiro atoms. The SMILES string of the molecule is CC(=O)Nc1ccc(NC(=O)C(C)=C2CNC2)cc1. The lowest BCUT2D eigenvalue weighted by Crippen LogP contribution is -2.36.